The lowest BCUT2D eigenvalue weighted by molar-refractivity contribution is -0.137. The fraction of sp³-hybridized carbons (Fsp3) is 0.111. The van der Waals surface area contributed by atoms with Crippen LogP contribution >= 0.6 is 23.2 Å². The highest BCUT2D eigenvalue weighted by molar-refractivity contribution is 6.43. The quantitative estimate of drug-likeness (QED) is 0.514. The van der Waals surface area contributed by atoms with Gasteiger partial charge in [0.1, 0.15) is 11.4 Å². The molecular weight excluding hydrogens is 432 g/mol. The number of rotatable bonds is 4. The number of hydrogen-bond acceptors (Lipinski definition) is 6. The van der Waals surface area contributed by atoms with Gasteiger partial charge in [-0.05, 0) is 24.3 Å². The van der Waals surface area contributed by atoms with Gasteiger partial charge in [-0.2, -0.15) is 18.2 Å². The van der Waals surface area contributed by atoms with Crippen molar-refractivity contribution in [3.05, 3.63) is 58.2 Å². The average molecular weight is 443 g/mol. The van der Waals surface area contributed by atoms with Crippen LogP contribution in [0.5, 0.6) is 11.5 Å². The molecular formula is C18H11Cl2F3N4O2. The number of nitrogens with one attached hydrogen (secondary N) is 2. The Morgan fingerprint density at radius 3 is 2.59 bits per heavy atom. The van der Waals surface area contributed by atoms with Gasteiger partial charge in [-0.3, -0.25) is 0 Å². The molecule has 0 spiro atoms. The molecule has 29 heavy (non-hydrogen) atoms. The predicted molar refractivity (Wildman–Crippen MR) is 103 cm³/mol. The third kappa shape index (κ3) is 4.10. The lowest BCUT2D eigenvalue weighted by atomic mass is 10.2. The van der Waals surface area contributed by atoms with Crippen LogP contribution in [-0.4, -0.2) is 16.8 Å². The molecule has 0 amide bonds. The summed E-state index contributed by atoms with van der Waals surface area (Å²) in [5.41, 5.74) is -0.358. The molecule has 0 saturated heterocycles. The van der Waals surface area contributed by atoms with Crippen LogP contribution in [0.2, 0.25) is 10.0 Å². The van der Waals surface area contributed by atoms with Gasteiger partial charge in [0.05, 0.1) is 15.7 Å². The number of benzene rings is 2. The van der Waals surface area contributed by atoms with Gasteiger partial charge in [0.25, 0.3) is 0 Å². The van der Waals surface area contributed by atoms with E-state index < -0.39 is 17.6 Å². The van der Waals surface area contributed by atoms with Gasteiger partial charge in [-0.1, -0.05) is 29.3 Å². The highest BCUT2D eigenvalue weighted by Gasteiger charge is 2.35. The molecule has 0 saturated carbocycles. The molecule has 0 aliphatic carbocycles. The molecule has 0 radical (unpaired) electrons. The number of ether oxygens (including phenoxy) is 2. The smallest absolute Gasteiger partial charge is 0.421 e. The van der Waals surface area contributed by atoms with E-state index in [1.165, 1.54) is 12.1 Å². The third-order valence-corrected chi connectivity index (χ3v) is 4.75. The number of halogens is 5. The Morgan fingerprint density at radius 1 is 1.00 bits per heavy atom. The molecule has 3 aromatic rings. The summed E-state index contributed by atoms with van der Waals surface area (Å²) in [7, 11) is 0. The van der Waals surface area contributed by atoms with Crippen LogP contribution in [0, 0.1) is 0 Å². The maximum atomic E-state index is 13.4. The minimum Gasteiger partial charge on any atom is -0.454 e. The summed E-state index contributed by atoms with van der Waals surface area (Å²) in [5.74, 6) is 0.547. The predicted octanol–water partition coefficient (Wildman–Crippen LogP) is 6.02. The molecule has 0 bridgehead atoms. The van der Waals surface area contributed by atoms with E-state index in [1.54, 1.807) is 24.3 Å². The Balaban J connectivity index is 1.68. The zero-order chi connectivity index (χ0) is 20.6. The van der Waals surface area contributed by atoms with Gasteiger partial charge in [-0.25, -0.2) is 4.98 Å². The van der Waals surface area contributed by atoms with Gasteiger partial charge in [-0.15, -0.1) is 0 Å². The number of aromatic nitrogens is 2. The van der Waals surface area contributed by atoms with E-state index in [0.29, 0.717) is 23.4 Å². The first-order valence-electron chi connectivity index (χ1n) is 8.13. The van der Waals surface area contributed by atoms with Crippen molar-refractivity contribution in [2.45, 2.75) is 6.18 Å². The summed E-state index contributed by atoms with van der Waals surface area (Å²) < 4.78 is 50.7. The van der Waals surface area contributed by atoms with Crippen molar-refractivity contribution in [3.8, 4) is 11.5 Å². The lowest BCUT2D eigenvalue weighted by Gasteiger charge is -2.16. The highest BCUT2D eigenvalue weighted by Crippen LogP contribution is 2.38. The molecule has 0 fully saturated rings. The Morgan fingerprint density at radius 2 is 1.79 bits per heavy atom. The molecule has 0 atom stereocenters. The lowest BCUT2D eigenvalue weighted by Crippen LogP contribution is -2.12. The van der Waals surface area contributed by atoms with Gasteiger partial charge in [0.15, 0.2) is 11.5 Å². The zero-order valence-corrected chi connectivity index (χ0v) is 15.9. The van der Waals surface area contributed by atoms with Gasteiger partial charge in [0, 0.05) is 18.0 Å². The number of nitrogens with zero attached hydrogens (tertiary/aromatic N) is 2. The molecule has 2 aromatic carbocycles. The summed E-state index contributed by atoms with van der Waals surface area (Å²) in [6, 6.07) is 9.52. The van der Waals surface area contributed by atoms with E-state index in [1.807, 2.05) is 0 Å². The first kappa shape index (κ1) is 19.4. The Bertz CT molecular complexity index is 1080. The van der Waals surface area contributed by atoms with Crippen LogP contribution in [0.3, 0.4) is 0 Å². The van der Waals surface area contributed by atoms with Crippen molar-refractivity contribution in [3.63, 3.8) is 0 Å². The van der Waals surface area contributed by atoms with Crippen molar-refractivity contribution in [2.24, 2.45) is 0 Å². The zero-order valence-electron chi connectivity index (χ0n) is 14.3. The third-order valence-electron chi connectivity index (χ3n) is 3.93. The Kier molecular flexibility index (Phi) is 5.01. The van der Waals surface area contributed by atoms with E-state index in [4.69, 9.17) is 32.7 Å². The molecule has 2 heterocycles. The van der Waals surface area contributed by atoms with E-state index in [0.717, 1.165) is 0 Å². The second-order valence-corrected chi connectivity index (χ2v) is 6.66. The van der Waals surface area contributed by atoms with Crippen molar-refractivity contribution in [2.75, 3.05) is 17.4 Å². The first-order chi connectivity index (χ1) is 13.8. The van der Waals surface area contributed by atoms with E-state index >= 15 is 0 Å². The van der Waals surface area contributed by atoms with Crippen molar-refractivity contribution >= 4 is 46.3 Å². The molecule has 1 aromatic heterocycles. The minimum absolute atomic E-state index is 0.0579. The maximum absolute atomic E-state index is 13.4. The van der Waals surface area contributed by atoms with Crippen LogP contribution in [0.4, 0.5) is 36.3 Å². The number of hydrogen-bond donors (Lipinski definition) is 2. The van der Waals surface area contributed by atoms with E-state index in [-0.39, 0.29) is 28.5 Å². The normalized spacial score (nSPS) is 12.7. The number of alkyl halides is 3. The Labute approximate surface area is 172 Å². The molecule has 6 nitrogen and oxygen atoms in total. The minimum atomic E-state index is -4.68. The summed E-state index contributed by atoms with van der Waals surface area (Å²) >= 11 is 12.0. The van der Waals surface area contributed by atoms with Gasteiger partial charge < -0.3 is 20.1 Å². The summed E-state index contributed by atoms with van der Waals surface area (Å²) in [5, 5.41) is 5.69. The van der Waals surface area contributed by atoms with Crippen LogP contribution in [0.25, 0.3) is 0 Å². The van der Waals surface area contributed by atoms with Gasteiger partial charge >= 0.3 is 6.18 Å². The first-order valence-corrected chi connectivity index (χ1v) is 8.89. The highest BCUT2D eigenvalue weighted by atomic mass is 35.5. The second kappa shape index (κ2) is 7.49. The van der Waals surface area contributed by atoms with Crippen molar-refractivity contribution in [1.29, 1.82) is 0 Å². The molecule has 4 rings (SSSR count). The average Bonchev–Trinajstić information content (AvgIpc) is 3.12. The fourth-order valence-corrected chi connectivity index (χ4v) is 2.92. The van der Waals surface area contributed by atoms with Crippen molar-refractivity contribution < 1.29 is 22.6 Å². The molecule has 150 valence electrons. The molecule has 0 unspecified atom stereocenters. The Hall–Kier alpha value is -2.91. The molecule has 11 heteroatoms. The van der Waals surface area contributed by atoms with E-state index in [9.17, 15) is 13.2 Å². The fourth-order valence-electron chi connectivity index (χ4n) is 2.58. The number of fused-ring (bicyclic) bond motifs is 1. The summed E-state index contributed by atoms with van der Waals surface area (Å²) in [4.78, 5) is 7.73. The summed E-state index contributed by atoms with van der Waals surface area (Å²) in [6.07, 6.45) is -3.99. The van der Waals surface area contributed by atoms with Crippen LogP contribution in [-0.2, 0) is 6.18 Å². The molecule has 2 N–H and O–H groups in total. The standard InChI is InChI=1S/C18H11Cl2F3N4O2/c19-11-2-1-3-12(15(11)20)26-16-10(18(21,22)23)7-24-17(27-16)25-9-4-5-13-14(6-9)29-8-28-13/h1-7H,8H2,(H2,24,25,26,27). The van der Waals surface area contributed by atoms with Crippen LogP contribution in [0.1, 0.15) is 5.56 Å². The molecule has 1 aliphatic rings. The molecule has 1 aliphatic heterocycles. The SMILES string of the molecule is FC(F)(F)c1cnc(Nc2ccc3c(c2)OCO3)nc1Nc1cccc(Cl)c1Cl. The topological polar surface area (TPSA) is 68.3 Å². The number of anilines is 4. The van der Waals surface area contributed by atoms with Crippen LogP contribution in [0.15, 0.2) is 42.6 Å². The largest absolute Gasteiger partial charge is 0.454 e. The maximum Gasteiger partial charge on any atom is 0.421 e. The summed E-state index contributed by atoms with van der Waals surface area (Å²) in [6.45, 7) is 0.101. The monoisotopic (exact) mass is 442 g/mol. The van der Waals surface area contributed by atoms with Gasteiger partial charge in [0.2, 0.25) is 12.7 Å². The second-order valence-electron chi connectivity index (χ2n) is 5.87. The van der Waals surface area contributed by atoms with E-state index in [2.05, 4.69) is 20.6 Å². The van der Waals surface area contributed by atoms with Crippen molar-refractivity contribution in [1.82, 2.24) is 9.97 Å². The van der Waals surface area contributed by atoms with Crippen LogP contribution < -0.4 is 20.1 Å².